The number of benzene rings is 1. The van der Waals surface area contributed by atoms with E-state index in [2.05, 4.69) is 38.9 Å². The van der Waals surface area contributed by atoms with Crippen molar-refractivity contribution in [3.63, 3.8) is 0 Å². The molecule has 6 nitrogen and oxygen atoms in total. The van der Waals surface area contributed by atoms with Crippen molar-refractivity contribution in [2.75, 3.05) is 0 Å². The molecule has 1 aromatic carbocycles. The van der Waals surface area contributed by atoms with Crippen LogP contribution in [0.4, 0.5) is 0 Å². The summed E-state index contributed by atoms with van der Waals surface area (Å²) in [5.41, 5.74) is 6.14. The van der Waals surface area contributed by atoms with Crippen LogP contribution in [0, 0.1) is 5.92 Å². The fourth-order valence-electron chi connectivity index (χ4n) is 7.26. The van der Waals surface area contributed by atoms with Gasteiger partial charge < -0.3 is 5.11 Å². The molecule has 0 bridgehead atoms. The fraction of sp³-hybridized carbons (Fsp3) is 0.333. The van der Waals surface area contributed by atoms with E-state index in [4.69, 9.17) is 10.1 Å². The molecule has 0 unspecified atom stereocenters. The molecule has 0 saturated heterocycles. The molecule has 7 rings (SSSR count). The van der Waals surface area contributed by atoms with Crippen molar-refractivity contribution < 1.29 is 5.11 Å². The Morgan fingerprint density at radius 1 is 0.923 bits per heavy atom. The van der Waals surface area contributed by atoms with Crippen LogP contribution < -0.4 is 0 Å². The molecule has 0 amide bonds. The molecule has 6 heteroatoms. The number of hydrogen-bond acceptors (Lipinski definition) is 5. The standard InChI is InChI=1S/C33H33N5O/c39-33(31-9-2-4-15-36-31)13-12-32(21-28-8-1-3-14-35-28)27(20-33)7-5-6-25-19-30-26(18-29(25)32)22-37-38(30)23-24-10-16-34-17-11-24/h1-4,8-11,14-19,22,27,39H,5-7,12-13,20-21,23H2/t27-,32-,33+/m0/s1. The molecule has 1 saturated carbocycles. The third-order valence-corrected chi connectivity index (χ3v) is 9.20. The lowest BCUT2D eigenvalue weighted by atomic mass is 9.55. The van der Waals surface area contributed by atoms with E-state index in [0.717, 1.165) is 56.5 Å². The lowest BCUT2D eigenvalue weighted by Crippen LogP contribution is -2.48. The number of aliphatic hydroxyl groups is 1. The zero-order valence-corrected chi connectivity index (χ0v) is 22.1. The van der Waals surface area contributed by atoms with Gasteiger partial charge in [-0.1, -0.05) is 12.1 Å². The highest BCUT2D eigenvalue weighted by Crippen LogP contribution is 2.55. The Kier molecular flexibility index (Phi) is 6.00. The monoisotopic (exact) mass is 515 g/mol. The fourth-order valence-corrected chi connectivity index (χ4v) is 7.26. The Labute approximate surface area is 228 Å². The lowest BCUT2D eigenvalue weighted by molar-refractivity contribution is -0.0557. The third-order valence-electron chi connectivity index (χ3n) is 9.20. The number of rotatable bonds is 5. The third kappa shape index (κ3) is 4.33. The van der Waals surface area contributed by atoms with Crippen molar-refractivity contribution in [2.24, 2.45) is 5.92 Å². The van der Waals surface area contributed by atoms with Crippen molar-refractivity contribution in [1.29, 1.82) is 0 Å². The number of fused-ring (bicyclic) bond motifs is 4. The van der Waals surface area contributed by atoms with Crippen LogP contribution in [0.2, 0.25) is 0 Å². The highest BCUT2D eigenvalue weighted by atomic mass is 16.3. The second-order valence-electron chi connectivity index (χ2n) is 11.4. The van der Waals surface area contributed by atoms with E-state index in [1.165, 1.54) is 27.6 Å². The van der Waals surface area contributed by atoms with E-state index in [0.29, 0.717) is 12.3 Å². The number of aromatic nitrogens is 5. The average molecular weight is 516 g/mol. The molecule has 0 aliphatic heterocycles. The van der Waals surface area contributed by atoms with Crippen LogP contribution in [0.1, 0.15) is 60.2 Å². The van der Waals surface area contributed by atoms with Crippen LogP contribution >= 0.6 is 0 Å². The molecular formula is C33H33N5O. The summed E-state index contributed by atoms with van der Waals surface area (Å²) in [7, 11) is 0. The van der Waals surface area contributed by atoms with Crippen molar-refractivity contribution >= 4 is 10.9 Å². The van der Waals surface area contributed by atoms with Crippen LogP contribution in [0.25, 0.3) is 10.9 Å². The van der Waals surface area contributed by atoms with E-state index in [1.807, 2.05) is 61.2 Å². The molecular weight excluding hydrogens is 482 g/mol. The number of pyridine rings is 3. The SMILES string of the molecule is O[C@]1(c2ccccn2)CC[C@@]2(Cc3ccccn3)c3cc4cnn(Cc5ccncc5)c4cc3CCC[C@H]2C1. The molecule has 0 radical (unpaired) electrons. The van der Waals surface area contributed by atoms with Crippen molar-refractivity contribution in [1.82, 2.24) is 24.7 Å². The Bertz CT molecular complexity index is 1590. The van der Waals surface area contributed by atoms with Crippen molar-refractivity contribution in [3.05, 3.63) is 120 Å². The number of hydrogen-bond donors (Lipinski definition) is 1. The van der Waals surface area contributed by atoms with Gasteiger partial charge >= 0.3 is 0 Å². The van der Waals surface area contributed by atoms with Gasteiger partial charge in [0.05, 0.1) is 24.0 Å². The summed E-state index contributed by atoms with van der Waals surface area (Å²) >= 11 is 0. The van der Waals surface area contributed by atoms with Crippen molar-refractivity contribution in [2.45, 2.75) is 62.5 Å². The maximum absolute atomic E-state index is 11.9. The van der Waals surface area contributed by atoms with E-state index in [9.17, 15) is 5.11 Å². The number of nitrogens with zero attached hydrogens (tertiary/aromatic N) is 5. The molecule has 2 aliphatic carbocycles. The van der Waals surface area contributed by atoms with Gasteiger partial charge in [0.25, 0.3) is 0 Å². The molecule has 5 aromatic rings. The summed E-state index contributed by atoms with van der Waals surface area (Å²) < 4.78 is 2.11. The maximum atomic E-state index is 11.9. The molecule has 39 heavy (non-hydrogen) atoms. The Morgan fingerprint density at radius 3 is 2.56 bits per heavy atom. The average Bonchev–Trinajstić information content (AvgIpc) is 3.30. The van der Waals surface area contributed by atoms with Gasteiger partial charge in [0.1, 0.15) is 5.60 Å². The van der Waals surface area contributed by atoms with Crippen molar-refractivity contribution in [3.8, 4) is 0 Å². The summed E-state index contributed by atoms with van der Waals surface area (Å²) in [6.07, 6.45) is 15.8. The minimum absolute atomic E-state index is 0.0947. The van der Waals surface area contributed by atoms with Gasteiger partial charge in [0, 0.05) is 41.3 Å². The molecule has 4 heterocycles. The van der Waals surface area contributed by atoms with Gasteiger partial charge in [-0.3, -0.25) is 19.6 Å². The first-order chi connectivity index (χ1) is 19.1. The zero-order chi connectivity index (χ0) is 26.3. The van der Waals surface area contributed by atoms with E-state index < -0.39 is 5.60 Å². The topological polar surface area (TPSA) is 76.7 Å². The predicted octanol–water partition coefficient (Wildman–Crippen LogP) is 5.77. The summed E-state index contributed by atoms with van der Waals surface area (Å²) in [6.45, 7) is 0.726. The van der Waals surface area contributed by atoms with Crippen LogP contribution in [-0.2, 0) is 30.4 Å². The van der Waals surface area contributed by atoms with Gasteiger partial charge in [-0.05, 0) is 116 Å². The first kappa shape index (κ1) is 24.2. The maximum Gasteiger partial charge on any atom is 0.107 e. The molecule has 196 valence electrons. The van der Waals surface area contributed by atoms with E-state index in [1.54, 1.807) is 6.20 Å². The van der Waals surface area contributed by atoms with Gasteiger partial charge in [-0.2, -0.15) is 5.10 Å². The summed E-state index contributed by atoms with van der Waals surface area (Å²) in [4.78, 5) is 13.5. The molecule has 1 fully saturated rings. The van der Waals surface area contributed by atoms with E-state index >= 15 is 0 Å². The summed E-state index contributed by atoms with van der Waals surface area (Å²) in [6, 6.07) is 21.0. The summed E-state index contributed by atoms with van der Waals surface area (Å²) in [5.74, 6) is 0.325. The first-order valence-electron chi connectivity index (χ1n) is 14.0. The molecule has 0 spiro atoms. The van der Waals surface area contributed by atoms with Gasteiger partial charge in [-0.25, -0.2) is 0 Å². The number of aryl methyl sites for hydroxylation is 1. The Morgan fingerprint density at radius 2 is 1.77 bits per heavy atom. The highest BCUT2D eigenvalue weighted by molar-refractivity contribution is 5.81. The highest BCUT2D eigenvalue weighted by Gasteiger charge is 2.52. The second kappa shape index (κ2) is 9.69. The van der Waals surface area contributed by atoms with Gasteiger partial charge in [0.2, 0.25) is 0 Å². The molecule has 2 aliphatic rings. The van der Waals surface area contributed by atoms with Crippen LogP contribution in [0.5, 0.6) is 0 Å². The second-order valence-corrected chi connectivity index (χ2v) is 11.4. The molecule has 1 N–H and O–H groups in total. The van der Waals surface area contributed by atoms with Crippen LogP contribution in [0.3, 0.4) is 0 Å². The van der Waals surface area contributed by atoms with Crippen LogP contribution in [-0.4, -0.2) is 29.8 Å². The van der Waals surface area contributed by atoms with Crippen LogP contribution in [0.15, 0.2) is 91.6 Å². The van der Waals surface area contributed by atoms with E-state index in [-0.39, 0.29) is 5.41 Å². The largest absolute Gasteiger partial charge is 0.384 e. The Balaban J connectivity index is 1.33. The zero-order valence-electron chi connectivity index (χ0n) is 22.1. The summed E-state index contributed by atoms with van der Waals surface area (Å²) in [5, 5.41) is 17.9. The smallest absolute Gasteiger partial charge is 0.107 e. The van der Waals surface area contributed by atoms with Gasteiger partial charge in [0.15, 0.2) is 0 Å². The lowest BCUT2D eigenvalue weighted by Gasteiger charge is -2.50. The minimum Gasteiger partial charge on any atom is -0.384 e. The normalized spacial score (nSPS) is 24.6. The quantitative estimate of drug-likeness (QED) is 0.321. The van der Waals surface area contributed by atoms with Gasteiger partial charge in [-0.15, -0.1) is 0 Å². The predicted molar refractivity (Wildman–Crippen MR) is 151 cm³/mol. The molecule has 3 atom stereocenters. The Hall–Kier alpha value is -3.90. The first-order valence-corrected chi connectivity index (χ1v) is 14.0. The molecule has 4 aromatic heterocycles. The minimum atomic E-state index is -0.899.